The molecule has 5 heteroatoms. The number of nitrogens with zero attached hydrogens (tertiary/aromatic N) is 3. The standard InChI is InChI=1S/C18H20ClN3O/c1-21-13-15-11-17(7-8-18(15)20-21)22(9-2-10-23)12-14-3-5-16(19)6-4-14/h3-8,11,13,23H,2,9-10,12H2,1H3. The number of fused-ring (bicyclic) bond motifs is 1. The summed E-state index contributed by atoms with van der Waals surface area (Å²) >= 11 is 5.96. The molecule has 0 atom stereocenters. The van der Waals surface area contributed by atoms with Gasteiger partial charge in [0.25, 0.3) is 0 Å². The van der Waals surface area contributed by atoms with E-state index in [1.165, 1.54) is 5.56 Å². The van der Waals surface area contributed by atoms with Crippen molar-refractivity contribution in [3.8, 4) is 0 Å². The molecule has 1 aromatic heterocycles. The molecular weight excluding hydrogens is 310 g/mol. The molecule has 120 valence electrons. The van der Waals surface area contributed by atoms with Crippen LogP contribution in [0.4, 0.5) is 5.69 Å². The predicted octanol–water partition coefficient (Wildman–Crippen LogP) is 3.62. The molecule has 0 saturated heterocycles. The van der Waals surface area contributed by atoms with Crippen molar-refractivity contribution < 1.29 is 5.11 Å². The van der Waals surface area contributed by atoms with Gasteiger partial charge in [-0.3, -0.25) is 4.68 Å². The van der Waals surface area contributed by atoms with Gasteiger partial charge in [-0.15, -0.1) is 0 Å². The number of benzene rings is 2. The number of aromatic nitrogens is 2. The molecule has 2 aromatic carbocycles. The molecule has 0 spiro atoms. The first-order valence-electron chi connectivity index (χ1n) is 7.69. The SMILES string of the molecule is Cn1cc2cc(N(CCCO)Cc3ccc(Cl)cc3)ccc2n1. The van der Waals surface area contributed by atoms with Crippen LogP contribution in [0.1, 0.15) is 12.0 Å². The summed E-state index contributed by atoms with van der Waals surface area (Å²) in [5.74, 6) is 0. The maximum absolute atomic E-state index is 9.18. The Hall–Kier alpha value is -2.04. The molecular formula is C18H20ClN3O. The molecule has 0 amide bonds. The summed E-state index contributed by atoms with van der Waals surface area (Å²) in [7, 11) is 1.93. The fourth-order valence-electron chi connectivity index (χ4n) is 2.70. The van der Waals surface area contributed by atoms with E-state index in [1.54, 1.807) is 0 Å². The third-order valence-corrected chi connectivity index (χ3v) is 4.09. The summed E-state index contributed by atoms with van der Waals surface area (Å²) in [5.41, 5.74) is 3.32. The molecule has 3 rings (SSSR count). The highest BCUT2D eigenvalue weighted by molar-refractivity contribution is 6.30. The Morgan fingerprint density at radius 2 is 1.96 bits per heavy atom. The van der Waals surface area contributed by atoms with E-state index in [9.17, 15) is 5.11 Å². The topological polar surface area (TPSA) is 41.3 Å². The molecule has 0 aliphatic rings. The highest BCUT2D eigenvalue weighted by atomic mass is 35.5. The molecule has 23 heavy (non-hydrogen) atoms. The third-order valence-electron chi connectivity index (χ3n) is 3.84. The van der Waals surface area contributed by atoms with Gasteiger partial charge in [0.2, 0.25) is 0 Å². The van der Waals surface area contributed by atoms with Crippen molar-refractivity contribution >= 4 is 28.2 Å². The van der Waals surface area contributed by atoms with Crippen LogP contribution in [0.3, 0.4) is 0 Å². The lowest BCUT2D eigenvalue weighted by Crippen LogP contribution is -2.24. The van der Waals surface area contributed by atoms with Gasteiger partial charge in [-0.05, 0) is 42.3 Å². The van der Waals surface area contributed by atoms with Crippen molar-refractivity contribution in [1.29, 1.82) is 0 Å². The maximum atomic E-state index is 9.18. The largest absolute Gasteiger partial charge is 0.396 e. The lowest BCUT2D eigenvalue weighted by Gasteiger charge is -2.25. The van der Waals surface area contributed by atoms with Crippen molar-refractivity contribution in [2.45, 2.75) is 13.0 Å². The summed E-state index contributed by atoms with van der Waals surface area (Å²) < 4.78 is 1.83. The Kier molecular flexibility index (Phi) is 4.84. The monoisotopic (exact) mass is 329 g/mol. The number of halogens is 1. The lowest BCUT2D eigenvalue weighted by atomic mass is 10.1. The van der Waals surface area contributed by atoms with E-state index in [4.69, 9.17) is 11.6 Å². The summed E-state index contributed by atoms with van der Waals surface area (Å²) in [6, 6.07) is 14.2. The Bertz CT molecular complexity index is 783. The van der Waals surface area contributed by atoms with Gasteiger partial charge in [-0.25, -0.2) is 0 Å². The van der Waals surface area contributed by atoms with Gasteiger partial charge < -0.3 is 10.0 Å². The average molecular weight is 330 g/mol. The van der Waals surface area contributed by atoms with Gasteiger partial charge in [0.05, 0.1) is 5.52 Å². The molecule has 0 radical (unpaired) electrons. The summed E-state index contributed by atoms with van der Waals surface area (Å²) in [5, 5.41) is 15.5. The number of hydrogen-bond acceptors (Lipinski definition) is 3. The Balaban J connectivity index is 1.87. The van der Waals surface area contributed by atoms with Crippen LogP contribution in [0.5, 0.6) is 0 Å². The zero-order chi connectivity index (χ0) is 16.2. The second-order valence-electron chi connectivity index (χ2n) is 5.67. The fourth-order valence-corrected chi connectivity index (χ4v) is 2.83. The minimum atomic E-state index is 0.187. The van der Waals surface area contributed by atoms with E-state index in [0.29, 0.717) is 0 Å². The Labute approximate surface area is 140 Å². The average Bonchev–Trinajstić information content (AvgIpc) is 2.92. The third kappa shape index (κ3) is 3.84. The second kappa shape index (κ2) is 7.02. The maximum Gasteiger partial charge on any atom is 0.0924 e. The number of hydrogen-bond donors (Lipinski definition) is 1. The van der Waals surface area contributed by atoms with Crippen LogP contribution in [0.2, 0.25) is 5.02 Å². The van der Waals surface area contributed by atoms with Gasteiger partial charge in [-0.1, -0.05) is 23.7 Å². The van der Waals surface area contributed by atoms with Crippen molar-refractivity contribution in [3.63, 3.8) is 0 Å². The second-order valence-corrected chi connectivity index (χ2v) is 6.11. The van der Waals surface area contributed by atoms with Crippen molar-refractivity contribution in [2.75, 3.05) is 18.1 Å². The van der Waals surface area contributed by atoms with Crippen molar-refractivity contribution in [2.24, 2.45) is 7.05 Å². The normalized spacial score (nSPS) is 11.1. The van der Waals surface area contributed by atoms with Crippen LogP contribution in [0.15, 0.2) is 48.7 Å². The van der Waals surface area contributed by atoms with E-state index in [2.05, 4.69) is 22.1 Å². The first-order valence-corrected chi connectivity index (χ1v) is 8.07. The minimum Gasteiger partial charge on any atom is -0.396 e. The summed E-state index contributed by atoms with van der Waals surface area (Å²) in [4.78, 5) is 2.27. The quantitative estimate of drug-likeness (QED) is 0.751. The van der Waals surface area contributed by atoms with E-state index >= 15 is 0 Å². The smallest absolute Gasteiger partial charge is 0.0924 e. The first kappa shape index (κ1) is 15.8. The molecule has 0 unspecified atom stereocenters. The van der Waals surface area contributed by atoms with Crippen LogP contribution in [-0.2, 0) is 13.6 Å². The zero-order valence-corrected chi connectivity index (χ0v) is 13.9. The molecule has 4 nitrogen and oxygen atoms in total. The van der Waals surface area contributed by atoms with Crippen LogP contribution >= 0.6 is 11.6 Å². The van der Waals surface area contributed by atoms with Crippen LogP contribution in [-0.4, -0.2) is 28.0 Å². The Morgan fingerprint density at radius 1 is 1.17 bits per heavy atom. The molecule has 3 aromatic rings. The molecule has 1 N–H and O–H groups in total. The van der Waals surface area contributed by atoms with Gasteiger partial charge >= 0.3 is 0 Å². The van der Waals surface area contributed by atoms with Crippen LogP contribution in [0.25, 0.3) is 10.9 Å². The Morgan fingerprint density at radius 3 is 2.70 bits per heavy atom. The van der Waals surface area contributed by atoms with Crippen molar-refractivity contribution in [1.82, 2.24) is 9.78 Å². The number of aliphatic hydroxyl groups excluding tert-OH is 1. The molecule has 0 bridgehead atoms. The zero-order valence-electron chi connectivity index (χ0n) is 13.1. The van der Waals surface area contributed by atoms with E-state index in [0.717, 1.165) is 41.1 Å². The highest BCUT2D eigenvalue weighted by Gasteiger charge is 2.09. The van der Waals surface area contributed by atoms with E-state index in [-0.39, 0.29) is 6.61 Å². The van der Waals surface area contributed by atoms with Crippen LogP contribution < -0.4 is 4.90 Å². The van der Waals surface area contributed by atoms with Gasteiger partial charge in [-0.2, -0.15) is 5.10 Å². The summed E-state index contributed by atoms with van der Waals surface area (Å²) in [6.45, 7) is 1.76. The number of aliphatic hydroxyl groups is 1. The number of anilines is 1. The summed E-state index contributed by atoms with van der Waals surface area (Å²) in [6.07, 6.45) is 2.75. The number of rotatable bonds is 6. The van der Waals surface area contributed by atoms with Gasteiger partial charge in [0.15, 0.2) is 0 Å². The molecule has 0 fully saturated rings. The lowest BCUT2D eigenvalue weighted by molar-refractivity contribution is 0.289. The predicted molar refractivity (Wildman–Crippen MR) is 94.9 cm³/mol. The highest BCUT2D eigenvalue weighted by Crippen LogP contribution is 2.23. The molecule has 1 heterocycles. The first-order chi connectivity index (χ1) is 11.2. The molecule has 0 aliphatic heterocycles. The van der Waals surface area contributed by atoms with Crippen LogP contribution in [0, 0.1) is 0 Å². The fraction of sp³-hybridized carbons (Fsp3) is 0.278. The minimum absolute atomic E-state index is 0.187. The van der Waals surface area contributed by atoms with E-state index in [1.807, 2.05) is 48.3 Å². The van der Waals surface area contributed by atoms with E-state index < -0.39 is 0 Å². The van der Waals surface area contributed by atoms with Gasteiger partial charge in [0, 0.05) is 49.0 Å². The number of aryl methyl sites for hydroxylation is 1. The molecule has 0 aliphatic carbocycles. The van der Waals surface area contributed by atoms with Gasteiger partial charge in [0.1, 0.15) is 0 Å². The molecule has 0 saturated carbocycles. The van der Waals surface area contributed by atoms with Crippen molar-refractivity contribution in [3.05, 3.63) is 59.2 Å².